The van der Waals surface area contributed by atoms with Gasteiger partial charge in [0.15, 0.2) is 0 Å². The molecule has 0 amide bonds. The minimum absolute atomic E-state index is 0.225. The van der Waals surface area contributed by atoms with Gasteiger partial charge in [-0.3, -0.25) is 0 Å². The Hall–Kier alpha value is -2.34. The minimum Gasteiger partial charge on any atom is -0.494 e. The molecule has 3 aromatic rings. The molecule has 6 heteroatoms. The van der Waals surface area contributed by atoms with Gasteiger partial charge in [0.05, 0.1) is 22.9 Å². The Morgan fingerprint density at radius 1 is 1.04 bits per heavy atom. The van der Waals surface area contributed by atoms with Crippen LogP contribution in [0.15, 0.2) is 47.4 Å². The first kappa shape index (κ1) is 16.5. The van der Waals surface area contributed by atoms with Gasteiger partial charge in [-0.05, 0) is 61.4 Å². The van der Waals surface area contributed by atoms with Gasteiger partial charge in [0.2, 0.25) is 0 Å². The molecule has 0 aliphatic heterocycles. The summed E-state index contributed by atoms with van der Waals surface area (Å²) < 4.78 is 32.3. The lowest BCUT2D eigenvalue weighted by Crippen LogP contribution is -2.16. The van der Waals surface area contributed by atoms with Crippen molar-refractivity contribution < 1.29 is 13.2 Å². The molecule has 0 aliphatic rings. The van der Waals surface area contributed by atoms with Crippen molar-refractivity contribution in [3.8, 4) is 5.75 Å². The van der Waals surface area contributed by atoms with Gasteiger partial charge in [-0.2, -0.15) is 17.6 Å². The van der Waals surface area contributed by atoms with Gasteiger partial charge < -0.3 is 4.74 Å². The van der Waals surface area contributed by atoms with Gasteiger partial charge in [-0.1, -0.05) is 19.1 Å². The molecule has 0 spiro atoms. The van der Waals surface area contributed by atoms with E-state index < -0.39 is 10.0 Å². The molecule has 0 atom stereocenters. The fraction of sp³-hybridized carbons (Fsp3) is 0.278. The molecule has 0 saturated carbocycles. The maximum Gasteiger partial charge on any atom is 0.283 e. The number of hydrogen-bond donors (Lipinski definition) is 0. The number of aromatic nitrogens is 2. The summed E-state index contributed by atoms with van der Waals surface area (Å²) >= 11 is 0. The molecule has 1 heterocycles. The smallest absolute Gasteiger partial charge is 0.283 e. The van der Waals surface area contributed by atoms with Crippen LogP contribution in [0.5, 0.6) is 5.75 Å². The zero-order chi connectivity index (χ0) is 17.3. The van der Waals surface area contributed by atoms with Crippen LogP contribution in [0.4, 0.5) is 0 Å². The molecule has 0 aliphatic carbocycles. The number of nitrogens with zero attached hydrogens (tertiary/aromatic N) is 2. The molecular formula is C18H20N2O3S. The van der Waals surface area contributed by atoms with Crippen molar-refractivity contribution in [2.24, 2.45) is 0 Å². The van der Waals surface area contributed by atoms with Crippen LogP contribution in [0.2, 0.25) is 0 Å². The molecule has 0 N–H and O–H groups in total. The first-order valence-electron chi connectivity index (χ1n) is 7.87. The summed E-state index contributed by atoms with van der Waals surface area (Å²) in [7, 11) is -3.69. The van der Waals surface area contributed by atoms with E-state index in [1.54, 1.807) is 38.1 Å². The largest absolute Gasteiger partial charge is 0.494 e. The molecule has 0 unspecified atom stereocenters. The minimum atomic E-state index is -3.69. The molecular weight excluding hydrogens is 324 g/mol. The van der Waals surface area contributed by atoms with E-state index in [2.05, 4.69) is 12.0 Å². The van der Waals surface area contributed by atoms with Gasteiger partial charge in [0.25, 0.3) is 10.0 Å². The number of ether oxygens (including phenoxy) is 1. The third kappa shape index (κ3) is 3.01. The monoisotopic (exact) mass is 344 g/mol. The fourth-order valence-corrected chi connectivity index (χ4v) is 4.01. The quantitative estimate of drug-likeness (QED) is 0.708. The highest BCUT2D eigenvalue weighted by Gasteiger charge is 2.20. The van der Waals surface area contributed by atoms with E-state index in [1.165, 1.54) is 0 Å². The number of fused-ring (bicyclic) bond motifs is 1. The first-order valence-corrected chi connectivity index (χ1v) is 9.31. The molecule has 0 bridgehead atoms. The summed E-state index contributed by atoms with van der Waals surface area (Å²) in [5.74, 6) is 0.790. The Labute approximate surface area is 141 Å². The lowest BCUT2D eigenvalue weighted by Gasteiger charge is -2.09. The highest BCUT2D eigenvalue weighted by molar-refractivity contribution is 7.89. The summed E-state index contributed by atoms with van der Waals surface area (Å²) in [6.07, 6.45) is 0.942. The van der Waals surface area contributed by atoms with Gasteiger partial charge >= 0.3 is 0 Å². The summed E-state index contributed by atoms with van der Waals surface area (Å²) in [6, 6.07) is 12.5. The van der Waals surface area contributed by atoms with Crippen molar-refractivity contribution in [1.29, 1.82) is 0 Å². The Balaban J connectivity index is 2.03. The SMILES string of the molecule is CCCOc1ccc2cc(S(=O)(=O)n3nc(C)cc3C)ccc2c1. The van der Waals surface area contributed by atoms with Crippen LogP contribution >= 0.6 is 0 Å². The van der Waals surface area contributed by atoms with E-state index in [0.29, 0.717) is 18.0 Å². The molecule has 2 aromatic carbocycles. The van der Waals surface area contributed by atoms with Crippen molar-refractivity contribution in [2.75, 3.05) is 6.61 Å². The number of benzene rings is 2. The van der Waals surface area contributed by atoms with Crippen LogP contribution in [-0.4, -0.2) is 24.2 Å². The zero-order valence-corrected chi connectivity index (χ0v) is 14.8. The molecule has 5 nitrogen and oxygen atoms in total. The van der Waals surface area contributed by atoms with E-state index in [-0.39, 0.29) is 4.90 Å². The Kier molecular flexibility index (Phi) is 4.32. The lowest BCUT2D eigenvalue weighted by atomic mass is 10.1. The summed E-state index contributed by atoms with van der Waals surface area (Å²) in [4.78, 5) is 0.225. The third-order valence-electron chi connectivity index (χ3n) is 3.75. The van der Waals surface area contributed by atoms with Crippen LogP contribution < -0.4 is 4.74 Å². The van der Waals surface area contributed by atoms with E-state index in [9.17, 15) is 8.42 Å². The number of hydrogen-bond acceptors (Lipinski definition) is 4. The average molecular weight is 344 g/mol. The molecule has 0 fully saturated rings. The van der Waals surface area contributed by atoms with Gasteiger partial charge in [0, 0.05) is 0 Å². The summed E-state index contributed by atoms with van der Waals surface area (Å²) in [6.45, 7) is 6.22. The second-order valence-electron chi connectivity index (χ2n) is 5.79. The molecule has 3 rings (SSSR count). The molecule has 0 saturated heterocycles. The highest BCUT2D eigenvalue weighted by atomic mass is 32.2. The van der Waals surface area contributed by atoms with E-state index >= 15 is 0 Å². The van der Waals surface area contributed by atoms with Crippen molar-refractivity contribution in [3.05, 3.63) is 53.9 Å². The number of aryl methyl sites for hydroxylation is 2. The van der Waals surface area contributed by atoms with Gasteiger partial charge in [-0.25, -0.2) is 0 Å². The maximum atomic E-state index is 12.8. The summed E-state index contributed by atoms with van der Waals surface area (Å²) in [5.41, 5.74) is 1.27. The van der Waals surface area contributed by atoms with Crippen molar-refractivity contribution in [3.63, 3.8) is 0 Å². The van der Waals surface area contributed by atoms with Crippen LogP contribution in [0.25, 0.3) is 10.8 Å². The van der Waals surface area contributed by atoms with Crippen molar-refractivity contribution >= 4 is 20.8 Å². The van der Waals surface area contributed by atoms with Crippen LogP contribution in [0, 0.1) is 13.8 Å². The van der Waals surface area contributed by atoms with E-state index in [1.807, 2.05) is 18.2 Å². The third-order valence-corrected chi connectivity index (χ3v) is 5.42. The van der Waals surface area contributed by atoms with Gasteiger partial charge in [-0.15, -0.1) is 0 Å². The van der Waals surface area contributed by atoms with Gasteiger partial charge in [0.1, 0.15) is 5.75 Å². The topological polar surface area (TPSA) is 61.2 Å². The molecule has 24 heavy (non-hydrogen) atoms. The molecule has 0 radical (unpaired) electrons. The molecule has 1 aromatic heterocycles. The van der Waals surface area contributed by atoms with E-state index in [4.69, 9.17) is 4.74 Å². The second kappa shape index (κ2) is 6.28. The Bertz CT molecular complexity index is 991. The van der Waals surface area contributed by atoms with Crippen LogP contribution in [0.1, 0.15) is 24.7 Å². The predicted molar refractivity (Wildman–Crippen MR) is 94.0 cm³/mol. The van der Waals surface area contributed by atoms with Crippen LogP contribution in [0.3, 0.4) is 0 Å². The fourth-order valence-electron chi connectivity index (χ4n) is 2.62. The Morgan fingerprint density at radius 3 is 2.42 bits per heavy atom. The number of rotatable bonds is 5. The second-order valence-corrected chi connectivity index (χ2v) is 7.56. The van der Waals surface area contributed by atoms with Crippen molar-refractivity contribution in [1.82, 2.24) is 9.19 Å². The first-order chi connectivity index (χ1) is 11.4. The van der Waals surface area contributed by atoms with E-state index in [0.717, 1.165) is 27.0 Å². The normalized spacial score (nSPS) is 11.8. The Morgan fingerprint density at radius 2 is 1.75 bits per heavy atom. The maximum absolute atomic E-state index is 12.8. The molecule has 126 valence electrons. The van der Waals surface area contributed by atoms with Crippen LogP contribution in [-0.2, 0) is 10.0 Å². The standard InChI is InChI=1S/C18H20N2O3S/c1-4-9-23-17-7-5-16-12-18(8-6-15(16)11-17)24(21,22)20-14(3)10-13(2)19-20/h5-8,10-12H,4,9H2,1-3H3. The lowest BCUT2D eigenvalue weighted by molar-refractivity contribution is 0.318. The van der Waals surface area contributed by atoms with Crippen molar-refractivity contribution in [2.45, 2.75) is 32.1 Å². The predicted octanol–water partition coefficient (Wildman–Crippen LogP) is 3.68. The zero-order valence-electron chi connectivity index (χ0n) is 14.0. The highest BCUT2D eigenvalue weighted by Crippen LogP contribution is 2.25. The summed E-state index contributed by atoms with van der Waals surface area (Å²) in [5, 5.41) is 5.88. The average Bonchev–Trinajstić information content (AvgIpc) is 2.91.